The second-order valence-corrected chi connectivity index (χ2v) is 9.58. The molecule has 1 aliphatic rings. The summed E-state index contributed by atoms with van der Waals surface area (Å²) in [7, 11) is 0. The van der Waals surface area contributed by atoms with Gasteiger partial charge in [-0.1, -0.05) is 59.7 Å². The van der Waals surface area contributed by atoms with E-state index < -0.39 is 0 Å². The van der Waals surface area contributed by atoms with E-state index in [4.69, 9.17) is 0 Å². The van der Waals surface area contributed by atoms with E-state index in [1.807, 2.05) is 55.5 Å². The van der Waals surface area contributed by atoms with Gasteiger partial charge in [0.2, 0.25) is 0 Å². The molecule has 3 amide bonds. The van der Waals surface area contributed by atoms with Gasteiger partial charge in [-0.3, -0.25) is 15.0 Å². The maximum absolute atomic E-state index is 13.5. The fourth-order valence-corrected chi connectivity index (χ4v) is 4.64. The summed E-state index contributed by atoms with van der Waals surface area (Å²) in [5.41, 5.74) is 6.91. The molecule has 0 bridgehead atoms. The smallest absolute Gasteiger partial charge is 0.322 e. The molecule has 1 aliphatic carbocycles. The van der Waals surface area contributed by atoms with E-state index in [9.17, 15) is 9.59 Å². The second kappa shape index (κ2) is 12.2. The number of urea groups is 1. The van der Waals surface area contributed by atoms with Gasteiger partial charge in [-0.2, -0.15) is 5.21 Å². The van der Waals surface area contributed by atoms with Crippen molar-refractivity contribution in [2.75, 3.05) is 10.2 Å². The van der Waals surface area contributed by atoms with Crippen LogP contribution < -0.4 is 15.5 Å². The molecule has 4 aromatic rings. The van der Waals surface area contributed by atoms with Gasteiger partial charge in [0.1, 0.15) is 0 Å². The van der Waals surface area contributed by atoms with Gasteiger partial charge in [0.15, 0.2) is 0 Å². The van der Waals surface area contributed by atoms with E-state index in [0.29, 0.717) is 18.7 Å². The van der Waals surface area contributed by atoms with Gasteiger partial charge >= 0.3 is 6.03 Å². The van der Waals surface area contributed by atoms with Crippen LogP contribution in [0.25, 0.3) is 5.57 Å². The number of carbonyl (C=O) groups is 2. The normalized spacial score (nSPS) is 12.9. The van der Waals surface area contributed by atoms with Crippen LogP contribution in [0.1, 0.15) is 58.3 Å². The van der Waals surface area contributed by atoms with Crippen LogP contribution in [0.15, 0.2) is 78.9 Å². The Labute approximate surface area is 227 Å². The SMILES string of the molecule is Cc1ccccc1CNC(=O)N(Cc1ccc(C(=O)Nc2nn[nH]n2)cc1)c1ccc(C2=CCCCC2)cc1. The highest BCUT2D eigenvalue weighted by atomic mass is 16.2. The van der Waals surface area contributed by atoms with Crippen LogP contribution >= 0.6 is 0 Å². The first-order chi connectivity index (χ1) is 19.1. The van der Waals surface area contributed by atoms with Crippen molar-refractivity contribution >= 4 is 29.1 Å². The standard InChI is InChI=1S/C30H31N7O2/c1-21-7-5-6-10-26(21)19-31-30(39)37(27-17-15-24(16-18-27)23-8-3-2-4-9-23)20-22-11-13-25(14-12-22)28(38)32-29-33-35-36-34-29/h5-8,10-18H,2-4,9,19-20H2,1H3,(H,31,39)(H2,32,33,34,35,36,38). The van der Waals surface area contributed by atoms with Crippen molar-refractivity contribution in [2.45, 2.75) is 45.7 Å². The zero-order valence-electron chi connectivity index (χ0n) is 21.9. The number of H-pyrrole nitrogens is 1. The van der Waals surface area contributed by atoms with E-state index >= 15 is 0 Å². The summed E-state index contributed by atoms with van der Waals surface area (Å²) in [6.07, 6.45) is 6.99. The summed E-state index contributed by atoms with van der Waals surface area (Å²) in [4.78, 5) is 27.7. The molecule has 0 atom stereocenters. The van der Waals surface area contributed by atoms with Crippen molar-refractivity contribution in [2.24, 2.45) is 0 Å². The van der Waals surface area contributed by atoms with Crippen molar-refractivity contribution in [3.05, 3.63) is 107 Å². The van der Waals surface area contributed by atoms with Gasteiger partial charge in [-0.05, 0) is 89.9 Å². The minimum absolute atomic E-state index is 0.105. The van der Waals surface area contributed by atoms with Crippen LogP contribution in [0, 0.1) is 6.92 Å². The summed E-state index contributed by atoms with van der Waals surface area (Å²) < 4.78 is 0. The third-order valence-corrected chi connectivity index (χ3v) is 6.90. The highest BCUT2D eigenvalue weighted by Gasteiger charge is 2.18. The minimum atomic E-state index is -0.344. The molecule has 5 rings (SSSR count). The van der Waals surface area contributed by atoms with Gasteiger partial charge in [0.25, 0.3) is 11.9 Å². The van der Waals surface area contributed by atoms with E-state index in [1.54, 1.807) is 17.0 Å². The molecule has 3 N–H and O–H groups in total. The Morgan fingerprint density at radius 1 is 0.974 bits per heavy atom. The summed E-state index contributed by atoms with van der Waals surface area (Å²) in [6, 6.07) is 23.1. The zero-order valence-corrected chi connectivity index (χ0v) is 21.9. The molecule has 0 unspecified atom stereocenters. The lowest BCUT2D eigenvalue weighted by molar-refractivity contribution is 0.102. The van der Waals surface area contributed by atoms with Crippen molar-refractivity contribution in [1.29, 1.82) is 0 Å². The molecule has 198 valence electrons. The number of amides is 3. The number of hydrogen-bond donors (Lipinski definition) is 3. The molecule has 0 fully saturated rings. The summed E-state index contributed by atoms with van der Waals surface area (Å²) >= 11 is 0. The topological polar surface area (TPSA) is 116 Å². The van der Waals surface area contributed by atoms with Gasteiger partial charge < -0.3 is 5.32 Å². The Balaban J connectivity index is 1.33. The lowest BCUT2D eigenvalue weighted by Crippen LogP contribution is -2.39. The Hall–Kier alpha value is -4.79. The average Bonchev–Trinajstić information content (AvgIpc) is 3.49. The molecule has 9 nitrogen and oxygen atoms in total. The van der Waals surface area contributed by atoms with Gasteiger partial charge in [-0.15, -0.1) is 5.10 Å². The summed E-state index contributed by atoms with van der Waals surface area (Å²) in [5.74, 6) is -0.239. The number of nitrogens with zero attached hydrogens (tertiary/aromatic N) is 4. The van der Waals surface area contributed by atoms with Crippen molar-refractivity contribution in [1.82, 2.24) is 25.9 Å². The maximum atomic E-state index is 13.5. The quantitative estimate of drug-likeness (QED) is 0.278. The van der Waals surface area contributed by atoms with Crippen LogP contribution in [0.3, 0.4) is 0 Å². The molecule has 0 spiro atoms. The molecule has 0 aliphatic heterocycles. The molecular formula is C30H31N7O2. The van der Waals surface area contributed by atoms with Crippen LogP contribution in [0.5, 0.6) is 0 Å². The fraction of sp³-hybridized carbons (Fsp3) is 0.233. The number of nitrogens with one attached hydrogen (secondary N) is 3. The Morgan fingerprint density at radius 3 is 2.46 bits per heavy atom. The molecule has 0 saturated carbocycles. The largest absolute Gasteiger partial charge is 0.334 e. The van der Waals surface area contributed by atoms with Crippen molar-refractivity contribution in [3.8, 4) is 0 Å². The first-order valence-corrected chi connectivity index (χ1v) is 13.1. The number of aryl methyl sites for hydroxylation is 1. The number of allylic oxidation sites excluding steroid dienone is 2. The Morgan fingerprint density at radius 2 is 1.77 bits per heavy atom. The molecule has 9 heteroatoms. The third kappa shape index (κ3) is 6.56. The molecule has 0 saturated heterocycles. The number of rotatable bonds is 8. The average molecular weight is 522 g/mol. The van der Waals surface area contributed by atoms with E-state index in [1.165, 1.54) is 24.0 Å². The monoisotopic (exact) mass is 521 g/mol. The summed E-state index contributed by atoms with van der Waals surface area (Å²) in [5, 5.41) is 18.9. The van der Waals surface area contributed by atoms with Crippen LogP contribution in [0.4, 0.5) is 16.4 Å². The van der Waals surface area contributed by atoms with Gasteiger partial charge in [0, 0.05) is 17.8 Å². The number of aromatic nitrogens is 4. The lowest BCUT2D eigenvalue weighted by Gasteiger charge is -2.24. The molecule has 3 aromatic carbocycles. The zero-order chi connectivity index (χ0) is 27.0. The fourth-order valence-electron chi connectivity index (χ4n) is 4.64. The second-order valence-electron chi connectivity index (χ2n) is 9.58. The number of anilines is 2. The van der Waals surface area contributed by atoms with Crippen molar-refractivity contribution in [3.63, 3.8) is 0 Å². The number of tetrazole rings is 1. The summed E-state index contributed by atoms with van der Waals surface area (Å²) in [6.45, 7) is 2.81. The Bertz CT molecular complexity index is 1450. The molecule has 0 radical (unpaired) electrons. The van der Waals surface area contributed by atoms with Gasteiger partial charge in [-0.25, -0.2) is 4.79 Å². The number of aromatic amines is 1. The first kappa shape index (κ1) is 25.8. The van der Waals surface area contributed by atoms with Gasteiger partial charge in [0.05, 0.1) is 6.54 Å². The number of benzene rings is 3. The number of carbonyl (C=O) groups excluding carboxylic acids is 2. The minimum Gasteiger partial charge on any atom is -0.334 e. The number of hydrogen-bond acceptors (Lipinski definition) is 5. The third-order valence-electron chi connectivity index (χ3n) is 6.90. The highest BCUT2D eigenvalue weighted by molar-refractivity contribution is 6.03. The molecular weight excluding hydrogens is 490 g/mol. The molecule has 1 aromatic heterocycles. The maximum Gasteiger partial charge on any atom is 0.322 e. The van der Waals surface area contributed by atoms with Crippen LogP contribution in [-0.2, 0) is 13.1 Å². The predicted octanol–water partition coefficient (Wildman–Crippen LogP) is 5.63. The van der Waals surface area contributed by atoms with Crippen LogP contribution in [-0.4, -0.2) is 32.6 Å². The Kier molecular flexibility index (Phi) is 8.06. The van der Waals surface area contributed by atoms with E-state index in [-0.39, 0.29) is 17.9 Å². The highest BCUT2D eigenvalue weighted by Crippen LogP contribution is 2.28. The van der Waals surface area contributed by atoms with E-state index in [0.717, 1.165) is 35.2 Å². The van der Waals surface area contributed by atoms with E-state index in [2.05, 4.69) is 49.5 Å². The molecule has 1 heterocycles. The molecule has 39 heavy (non-hydrogen) atoms. The van der Waals surface area contributed by atoms with Crippen molar-refractivity contribution < 1.29 is 9.59 Å². The lowest BCUT2D eigenvalue weighted by atomic mass is 9.93. The predicted molar refractivity (Wildman–Crippen MR) is 151 cm³/mol. The first-order valence-electron chi connectivity index (χ1n) is 13.1. The van der Waals surface area contributed by atoms with Crippen LogP contribution in [0.2, 0.25) is 0 Å².